The lowest BCUT2D eigenvalue weighted by Gasteiger charge is -2.20. The van der Waals surface area contributed by atoms with Gasteiger partial charge in [-0.3, -0.25) is 14.0 Å². The first kappa shape index (κ1) is 18.1. The summed E-state index contributed by atoms with van der Waals surface area (Å²) in [7, 11) is 1.93. The number of nitrogens with zero attached hydrogens (tertiary/aromatic N) is 6. The van der Waals surface area contributed by atoms with E-state index in [1.54, 1.807) is 17.4 Å². The molecule has 0 unspecified atom stereocenters. The van der Waals surface area contributed by atoms with Crippen LogP contribution in [0.25, 0.3) is 15.7 Å². The molecule has 0 atom stereocenters. The average molecular weight is 397 g/mol. The van der Waals surface area contributed by atoms with Crippen LogP contribution in [0.5, 0.6) is 0 Å². The van der Waals surface area contributed by atoms with Gasteiger partial charge in [0.25, 0.3) is 5.56 Å². The van der Waals surface area contributed by atoms with Crippen LogP contribution >= 0.6 is 11.3 Å². The van der Waals surface area contributed by atoms with Crippen molar-refractivity contribution in [3.63, 3.8) is 0 Å². The molecule has 9 nitrogen and oxygen atoms in total. The second-order valence-corrected chi connectivity index (χ2v) is 7.31. The minimum absolute atomic E-state index is 0.203. The molecule has 0 aromatic carbocycles. The van der Waals surface area contributed by atoms with Crippen LogP contribution in [0.3, 0.4) is 0 Å². The van der Waals surface area contributed by atoms with Gasteiger partial charge in [0.2, 0.25) is 11.9 Å². The van der Waals surface area contributed by atoms with E-state index in [2.05, 4.69) is 27.3 Å². The first-order valence-corrected chi connectivity index (χ1v) is 9.73. The Morgan fingerprint density at radius 1 is 1.32 bits per heavy atom. The molecule has 4 aromatic heterocycles. The van der Waals surface area contributed by atoms with Gasteiger partial charge in [-0.1, -0.05) is 6.92 Å². The second kappa shape index (κ2) is 7.39. The van der Waals surface area contributed by atoms with Gasteiger partial charge in [-0.15, -0.1) is 16.4 Å². The van der Waals surface area contributed by atoms with Gasteiger partial charge in [0.1, 0.15) is 24.2 Å². The van der Waals surface area contributed by atoms with E-state index in [9.17, 15) is 9.59 Å². The molecule has 0 bridgehead atoms. The molecule has 0 spiro atoms. The Morgan fingerprint density at radius 3 is 2.93 bits per heavy atom. The number of amides is 1. The number of hydrogen-bond acceptors (Lipinski definition) is 7. The van der Waals surface area contributed by atoms with Gasteiger partial charge in [-0.05, 0) is 30.0 Å². The predicted molar refractivity (Wildman–Crippen MR) is 109 cm³/mol. The van der Waals surface area contributed by atoms with Crippen molar-refractivity contribution in [1.29, 1.82) is 0 Å². The zero-order chi connectivity index (χ0) is 19.7. The molecular formula is C18H19N7O2S. The number of thiophene rings is 1. The number of nitrogens with one attached hydrogen (secondary N) is 1. The third-order valence-electron chi connectivity index (χ3n) is 4.33. The molecule has 0 saturated heterocycles. The highest BCUT2D eigenvalue weighted by Gasteiger charge is 2.18. The molecule has 144 valence electrons. The topological polar surface area (TPSA) is 97.4 Å². The lowest BCUT2D eigenvalue weighted by molar-refractivity contribution is -0.117. The number of rotatable bonds is 6. The molecule has 1 amide bonds. The Labute approximate surface area is 164 Å². The maximum atomic E-state index is 13.0. The largest absolute Gasteiger partial charge is 0.344 e. The van der Waals surface area contributed by atoms with Crippen LogP contribution in [0.2, 0.25) is 0 Å². The quantitative estimate of drug-likeness (QED) is 0.534. The van der Waals surface area contributed by atoms with Crippen molar-refractivity contribution in [2.24, 2.45) is 0 Å². The van der Waals surface area contributed by atoms with E-state index in [0.29, 0.717) is 17.3 Å². The fourth-order valence-corrected chi connectivity index (χ4v) is 3.90. The summed E-state index contributed by atoms with van der Waals surface area (Å²) in [5.74, 6) is 0.621. The molecule has 28 heavy (non-hydrogen) atoms. The van der Waals surface area contributed by atoms with Crippen molar-refractivity contribution >= 4 is 44.7 Å². The van der Waals surface area contributed by atoms with Gasteiger partial charge < -0.3 is 10.2 Å². The van der Waals surface area contributed by atoms with Crippen molar-refractivity contribution in [2.75, 3.05) is 23.8 Å². The summed E-state index contributed by atoms with van der Waals surface area (Å²) in [5.41, 5.74) is 1.14. The summed E-state index contributed by atoms with van der Waals surface area (Å²) in [6.07, 6.45) is 3.81. The molecule has 1 N–H and O–H groups in total. The van der Waals surface area contributed by atoms with Gasteiger partial charge in [0.15, 0.2) is 0 Å². The first-order valence-electron chi connectivity index (χ1n) is 8.85. The molecule has 0 aliphatic heterocycles. The summed E-state index contributed by atoms with van der Waals surface area (Å²) < 4.78 is 4.08. The maximum Gasteiger partial charge on any atom is 0.291 e. The van der Waals surface area contributed by atoms with E-state index in [1.165, 1.54) is 17.2 Å². The molecule has 0 aliphatic rings. The molecule has 10 heteroatoms. The molecule has 0 fully saturated rings. The molecule has 0 saturated carbocycles. The number of carbonyl (C=O) groups excluding carboxylic acids is 1. The van der Waals surface area contributed by atoms with E-state index in [0.717, 1.165) is 23.2 Å². The minimum Gasteiger partial charge on any atom is -0.344 e. The van der Waals surface area contributed by atoms with Crippen molar-refractivity contribution in [2.45, 2.75) is 19.9 Å². The summed E-state index contributed by atoms with van der Waals surface area (Å²) in [6, 6.07) is 5.41. The number of anilines is 2. The van der Waals surface area contributed by atoms with Crippen LogP contribution in [0, 0.1) is 0 Å². The van der Waals surface area contributed by atoms with Gasteiger partial charge in [-0.25, -0.2) is 14.6 Å². The number of carbonyl (C=O) groups is 1. The molecule has 4 rings (SSSR count). The van der Waals surface area contributed by atoms with Gasteiger partial charge in [-0.2, -0.15) is 0 Å². The average Bonchev–Trinajstić information content (AvgIpc) is 3.27. The zero-order valence-electron chi connectivity index (χ0n) is 15.5. The number of aromatic nitrogens is 5. The fraction of sp³-hybridized carbons (Fsp3) is 0.278. The highest BCUT2D eigenvalue weighted by molar-refractivity contribution is 7.17. The molecule has 0 radical (unpaired) electrons. The van der Waals surface area contributed by atoms with Gasteiger partial charge in [0, 0.05) is 19.8 Å². The normalized spacial score (nSPS) is 11.2. The van der Waals surface area contributed by atoms with E-state index in [-0.39, 0.29) is 18.0 Å². The number of fused-ring (bicyclic) bond motifs is 3. The van der Waals surface area contributed by atoms with Gasteiger partial charge in [0.05, 0.1) is 10.2 Å². The van der Waals surface area contributed by atoms with E-state index in [4.69, 9.17) is 0 Å². The summed E-state index contributed by atoms with van der Waals surface area (Å²) in [6.45, 7) is 2.65. The minimum atomic E-state index is -0.380. The fourth-order valence-electron chi connectivity index (χ4n) is 3.10. The maximum absolute atomic E-state index is 13.0. The Balaban J connectivity index is 1.77. The molecule has 4 aromatic rings. The van der Waals surface area contributed by atoms with E-state index < -0.39 is 0 Å². The Morgan fingerprint density at radius 2 is 2.18 bits per heavy atom. The second-order valence-electron chi connectivity index (χ2n) is 6.36. The Bertz CT molecular complexity index is 1200. The van der Waals surface area contributed by atoms with E-state index >= 15 is 0 Å². The molecule has 4 heterocycles. The van der Waals surface area contributed by atoms with Gasteiger partial charge >= 0.3 is 0 Å². The first-order chi connectivity index (χ1) is 13.6. The highest BCUT2D eigenvalue weighted by Crippen LogP contribution is 2.27. The smallest absolute Gasteiger partial charge is 0.291 e. The SMILES string of the molecule is CCCN(C)c1nn(CC(=O)Nc2ccncn2)c(=O)c2cc3sccc3n12. The predicted octanol–water partition coefficient (Wildman–Crippen LogP) is 1.99. The van der Waals surface area contributed by atoms with Crippen LogP contribution < -0.4 is 15.8 Å². The summed E-state index contributed by atoms with van der Waals surface area (Å²) >= 11 is 1.57. The van der Waals surface area contributed by atoms with Crippen molar-refractivity contribution in [1.82, 2.24) is 24.1 Å². The summed E-state index contributed by atoms with van der Waals surface area (Å²) in [5, 5.41) is 9.15. The van der Waals surface area contributed by atoms with E-state index in [1.807, 2.05) is 33.9 Å². The van der Waals surface area contributed by atoms with Crippen LogP contribution in [0.4, 0.5) is 11.8 Å². The van der Waals surface area contributed by atoms with Crippen LogP contribution in [-0.2, 0) is 11.3 Å². The highest BCUT2D eigenvalue weighted by atomic mass is 32.1. The number of hydrogen-bond donors (Lipinski definition) is 1. The Kier molecular flexibility index (Phi) is 4.78. The zero-order valence-corrected chi connectivity index (χ0v) is 16.3. The van der Waals surface area contributed by atoms with Crippen LogP contribution in [0.15, 0.2) is 40.9 Å². The summed E-state index contributed by atoms with van der Waals surface area (Å²) in [4.78, 5) is 35.1. The standard InChI is InChI=1S/C18H19N7O2S/c1-3-7-23(2)18-22-24(10-16(26)21-15-4-6-19-11-20-15)17(27)13-9-14-12(25(13)18)5-8-28-14/h4-6,8-9,11H,3,7,10H2,1-2H3,(H,19,20,21,26). The third-order valence-corrected chi connectivity index (χ3v) is 5.18. The molecular weight excluding hydrogens is 378 g/mol. The third kappa shape index (κ3) is 3.22. The Hall–Kier alpha value is -3.27. The van der Waals surface area contributed by atoms with Crippen LogP contribution in [-0.4, -0.2) is 43.6 Å². The molecule has 0 aliphatic carbocycles. The van der Waals surface area contributed by atoms with Crippen LogP contribution in [0.1, 0.15) is 13.3 Å². The lowest BCUT2D eigenvalue weighted by Crippen LogP contribution is -2.34. The lowest BCUT2D eigenvalue weighted by atomic mass is 10.4. The van der Waals surface area contributed by atoms with Crippen molar-refractivity contribution in [3.05, 3.63) is 46.5 Å². The van der Waals surface area contributed by atoms with Crippen molar-refractivity contribution < 1.29 is 4.79 Å². The van der Waals surface area contributed by atoms with Crippen molar-refractivity contribution in [3.8, 4) is 0 Å². The monoisotopic (exact) mass is 397 g/mol.